The fraction of sp³-hybridized carbons (Fsp3) is 0.750. The molecule has 0 aliphatic heterocycles. The van der Waals surface area contributed by atoms with Crippen molar-refractivity contribution in [1.82, 2.24) is 14.7 Å². The first kappa shape index (κ1) is 11.6. The van der Waals surface area contributed by atoms with Crippen molar-refractivity contribution in [2.75, 3.05) is 7.05 Å². The molecular weight excluding hydrogens is 200 g/mol. The molecule has 1 heterocycles. The third-order valence-electron chi connectivity index (χ3n) is 3.54. The van der Waals surface area contributed by atoms with Crippen LogP contribution >= 0.6 is 0 Å². The van der Waals surface area contributed by atoms with E-state index in [9.17, 15) is 0 Å². The highest BCUT2D eigenvalue weighted by Gasteiger charge is 2.25. The predicted octanol–water partition coefficient (Wildman–Crippen LogP) is 1.12. The first-order valence-electron chi connectivity index (χ1n) is 6.10. The van der Waals surface area contributed by atoms with E-state index in [1.807, 2.05) is 17.9 Å². The van der Waals surface area contributed by atoms with E-state index in [2.05, 4.69) is 23.2 Å². The second kappa shape index (κ2) is 4.97. The van der Waals surface area contributed by atoms with Crippen LogP contribution in [0.5, 0.6) is 0 Å². The minimum absolute atomic E-state index is 0.343. The molecular formula is C12H22N4. The number of nitrogens with zero attached hydrogens (tertiary/aromatic N) is 3. The Labute approximate surface area is 97.4 Å². The molecule has 0 bridgehead atoms. The van der Waals surface area contributed by atoms with Gasteiger partial charge in [0.1, 0.15) is 0 Å². The van der Waals surface area contributed by atoms with E-state index in [4.69, 9.17) is 5.73 Å². The maximum atomic E-state index is 6.18. The molecule has 1 fully saturated rings. The fourth-order valence-electron chi connectivity index (χ4n) is 2.65. The zero-order valence-electron chi connectivity index (χ0n) is 10.3. The lowest BCUT2D eigenvalue weighted by atomic mass is 9.90. The van der Waals surface area contributed by atoms with Gasteiger partial charge in [-0.15, -0.1) is 0 Å². The van der Waals surface area contributed by atoms with Crippen molar-refractivity contribution in [2.24, 2.45) is 12.8 Å². The van der Waals surface area contributed by atoms with Crippen LogP contribution < -0.4 is 5.73 Å². The van der Waals surface area contributed by atoms with Crippen LogP contribution in [0.1, 0.15) is 31.2 Å². The summed E-state index contributed by atoms with van der Waals surface area (Å²) in [6, 6.07) is 0.879. The molecule has 4 nitrogen and oxygen atoms in total. The minimum atomic E-state index is 0.343. The normalized spacial score (nSPS) is 26.2. The summed E-state index contributed by atoms with van der Waals surface area (Å²) in [5.74, 6) is 0. The lowest BCUT2D eigenvalue weighted by Crippen LogP contribution is -2.47. The van der Waals surface area contributed by atoms with Gasteiger partial charge in [0.15, 0.2) is 0 Å². The molecule has 16 heavy (non-hydrogen) atoms. The number of hydrogen-bond acceptors (Lipinski definition) is 3. The van der Waals surface area contributed by atoms with Gasteiger partial charge in [-0.3, -0.25) is 9.58 Å². The number of likely N-dealkylation sites (N-methyl/N-ethyl adjacent to an activating group) is 1. The molecule has 1 aliphatic carbocycles. The number of nitrogens with two attached hydrogens (primary N) is 1. The van der Waals surface area contributed by atoms with Crippen molar-refractivity contribution < 1.29 is 0 Å². The average Bonchev–Trinajstić information content (AvgIpc) is 2.64. The maximum Gasteiger partial charge on any atom is 0.0534 e. The Morgan fingerprint density at radius 3 is 2.88 bits per heavy atom. The van der Waals surface area contributed by atoms with Crippen molar-refractivity contribution in [1.29, 1.82) is 0 Å². The molecule has 2 unspecified atom stereocenters. The summed E-state index contributed by atoms with van der Waals surface area (Å²) in [6.07, 6.45) is 9.02. The first-order chi connectivity index (χ1) is 7.66. The third-order valence-corrected chi connectivity index (χ3v) is 3.54. The molecule has 2 N–H and O–H groups in total. The quantitative estimate of drug-likeness (QED) is 0.833. The average molecular weight is 222 g/mol. The van der Waals surface area contributed by atoms with Crippen LogP contribution in [0.3, 0.4) is 0 Å². The zero-order valence-corrected chi connectivity index (χ0v) is 10.3. The SMILES string of the molecule is CN(Cc1cnn(C)c1)C1CCCCC1N. The number of hydrogen-bond donors (Lipinski definition) is 1. The summed E-state index contributed by atoms with van der Waals surface area (Å²) in [7, 11) is 4.12. The van der Waals surface area contributed by atoms with E-state index >= 15 is 0 Å². The van der Waals surface area contributed by atoms with Gasteiger partial charge in [-0.1, -0.05) is 12.8 Å². The van der Waals surface area contributed by atoms with Gasteiger partial charge in [-0.2, -0.15) is 5.10 Å². The summed E-state index contributed by atoms with van der Waals surface area (Å²) < 4.78 is 1.85. The summed E-state index contributed by atoms with van der Waals surface area (Å²) in [4.78, 5) is 2.38. The topological polar surface area (TPSA) is 47.1 Å². The van der Waals surface area contributed by atoms with E-state index in [-0.39, 0.29) is 0 Å². The third kappa shape index (κ3) is 2.62. The van der Waals surface area contributed by atoms with Gasteiger partial charge in [0.25, 0.3) is 0 Å². The van der Waals surface area contributed by atoms with Gasteiger partial charge < -0.3 is 5.73 Å². The van der Waals surface area contributed by atoms with Crippen LogP contribution in [0.4, 0.5) is 0 Å². The molecule has 1 aliphatic rings. The van der Waals surface area contributed by atoms with Crippen molar-refractivity contribution in [3.63, 3.8) is 0 Å². The lowest BCUT2D eigenvalue weighted by Gasteiger charge is -2.35. The monoisotopic (exact) mass is 222 g/mol. The Bertz CT molecular complexity index is 334. The van der Waals surface area contributed by atoms with E-state index in [1.54, 1.807) is 0 Å². The second-order valence-corrected chi connectivity index (χ2v) is 4.95. The molecule has 0 spiro atoms. The molecule has 2 atom stereocenters. The largest absolute Gasteiger partial charge is 0.326 e. The Kier molecular flexibility index (Phi) is 3.61. The molecule has 0 aromatic carbocycles. The van der Waals surface area contributed by atoms with E-state index in [1.165, 1.54) is 31.2 Å². The molecule has 1 aromatic heterocycles. The lowest BCUT2D eigenvalue weighted by molar-refractivity contribution is 0.162. The van der Waals surface area contributed by atoms with Crippen molar-refractivity contribution in [3.05, 3.63) is 18.0 Å². The van der Waals surface area contributed by atoms with Gasteiger partial charge in [0, 0.05) is 37.4 Å². The Morgan fingerprint density at radius 1 is 1.50 bits per heavy atom. The highest BCUT2D eigenvalue weighted by atomic mass is 15.2. The van der Waals surface area contributed by atoms with E-state index < -0.39 is 0 Å². The van der Waals surface area contributed by atoms with E-state index in [0.29, 0.717) is 12.1 Å². The Balaban J connectivity index is 1.93. The predicted molar refractivity (Wildman–Crippen MR) is 64.9 cm³/mol. The fourth-order valence-corrected chi connectivity index (χ4v) is 2.65. The number of aryl methyl sites for hydroxylation is 1. The summed E-state index contributed by atoms with van der Waals surface area (Å²) in [6.45, 7) is 0.951. The van der Waals surface area contributed by atoms with Crippen LogP contribution in [-0.4, -0.2) is 33.8 Å². The van der Waals surface area contributed by atoms with E-state index in [0.717, 1.165) is 6.54 Å². The number of rotatable bonds is 3. The highest BCUT2D eigenvalue weighted by molar-refractivity contribution is 5.04. The highest BCUT2D eigenvalue weighted by Crippen LogP contribution is 2.22. The Hall–Kier alpha value is -0.870. The van der Waals surface area contributed by atoms with Crippen LogP contribution in [0.15, 0.2) is 12.4 Å². The molecule has 4 heteroatoms. The van der Waals surface area contributed by atoms with Gasteiger partial charge >= 0.3 is 0 Å². The molecule has 2 rings (SSSR count). The molecule has 90 valence electrons. The van der Waals surface area contributed by atoms with Gasteiger partial charge in [0.2, 0.25) is 0 Å². The van der Waals surface area contributed by atoms with Crippen LogP contribution in [0.25, 0.3) is 0 Å². The molecule has 0 radical (unpaired) electrons. The molecule has 1 saturated carbocycles. The smallest absolute Gasteiger partial charge is 0.0534 e. The molecule has 0 amide bonds. The summed E-state index contributed by atoms with van der Waals surface area (Å²) >= 11 is 0. The maximum absolute atomic E-state index is 6.18. The van der Waals surface area contributed by atoms with Gasteiger partial charge in [-0.25, -0.2) is 0 Å². The standard InChI is InChI=1S/C12H22N4/c1-15(8-10-7-14-16(2)9-10)12-6-4-3-5-11(12)13/h7,9,11-12H,3-6,8,13H2,1-2H3. The van der Waals surface area contributed by atoms with Gasteiger partial charge in [0.05, 0.1) is 6.20 Å². The number of aromatic nitrogens is 2. The zero-order chi connectivity index (χ0) is 11.5. The molecule has 0 saturated heterocycles. The van der Waals surface area contributed by atoms with Gasteiger partial charge in [-0.05, 0) is 19.9 Å². The summed E-state index contributed by atoms with van der Waals surface area (Å²) in [5.41, 5.74) is 7.44. The minimum Gasteiger partial charge on any atom is -0.326 e. The summed E-state index contributed by atoms with van der Waals surface area (Å²) in [5, 5.41) is 4.19. The van der Waals surface area contributed by atoms with Crippen molar-refractivity contribution in [2.45, 2.75) is 44.3 Å². The van der Waals surface area contributed by atoms with Crippen molar-refractivity contribution >= 4 is 0 Å². The van der Waals surface area contributed by atoms with Crippen molar-refractivity contribution in [3.8, 4) is 0 Å². The van der Waals surface area contributed by atoms with Crippen LogP contribution in [0, 0.1) is 0 Å². The second-order valence-electron chi connectivity index (χ2n) is 4.95. The molecule has 1 aromatic rings. The van der Waals surface area contributed by atoms with Crippen LogP contribution in [0.2, 0.25) is 0 Å². The Morgan fingerprint density at radius 2 is 2.25 bits per heavy atom. The van der Waals surface area contributed by atoms with Crippen LogP contribution in [-0.2, 0) is 13.6 Å². The first-order valence-corrected chi connectivity index (χ1v) is 6.10.